The summed E-state index contributed by atoms with van der Waals surface area (Å²) in [7, 11) is 1.88. The molecule has 1 aliphatic carbocycles. The molecule has 0 aromatic heterocycles. The molecule has 1 aromatic rings. The van der Waals surface area contributed by atoms with Crippen LogP contribution in [-0.2, 0) is 9.59 Å². The highest BCUT2D eigenvalue weighted by atomic mass is 16.2. The van der Waals surface area contributed by atoms with Gasteiger partial charge in [-0.15, -0.1) is 0 Å². The number of rotatable bonds is 3. The summed E-state index contributed by atoms with van der Waals surface area (Å²) in [6.45, 7) is 4.01. The fraction of sp³-hybridized carbons (Fsp3) is 0.579. The number of nitrogens with zero attached hydrogens (tertiary/aromatic N) is 1. The molecule has 2 saturated heterocycles. The lowest BCUT2D eigenvalue weighted by Crippen LogP contribution is -2.48. The third-order valence-corrected chi connectivity index (χ3v) is 5.62. The molecule has 1 amide bonds. The van der Waals surface area contributed by atoms with E-state index < -0.39 is 0 Å². The summed E-state index contributed by atoms with van der Waals surface area (Å²) in [6, 6.07) is 8.59. The molecule has 3 fully saturated rings. The number of amides is 1. The van der Waals surface area contributed by atoms with Crippen molar-refractivity contribution in [3.05, 3.63) is 35.4 Å². The number of Topliss-reactive ketones (excluding diaryl/α,β-unsaturated/α-hetero) is 1. The molecule has 3 nitrogen and oxygen atoms in total. The third kappa shape index (κ3) is 2.47. The topological polar surface area (TPSA) is 37.4 Å². The van der Waals surface area contributed by atoms with Crippen LogP contribution in [0.1, 0.15) is 49.7 Å². The Balaban J connectivity index is 2.04. The minimum Gasteiger partial charge on any atom is -0.342 e. The van der Waals surface area contributed by atoms with Gasteiger partial charge in [-0.1, -0.05) is 36.8 Å². The molecule has 2 unspecified atom stereocenters. The van der Waals surface area contributed by atoms with Gasteiger partial charge >= 0.3 is 0 Å². The number of benzene rings is 1. The molecular formula is C19H25NO2. The maximum Gasteiger partial charge on any atom is 0.225 e. The highest BCUT2D eigenvalue weighted by Gasteiger charge is 2.48. The molecule has 4 atom stereocenters. The van der Waals surface area contributed by atoms with Gasteiger partial charge in [0, 0.05) is 31.3 Å². The Hall–Kier alpha value is -1.64. The molecule has 3 heteroatoms. The monoisotopic (exact) mass is 299 g/mol. The number of fused-ring (bicyclic) bond motifs is 4. The zero-order valence-corrected chi connectivity index (χ0v) is 13.7. The highest BCUT2D eigenvalue weighted by molar-refractivity contribution is 5.86. The van der Waals surface area contributed by atoms with Crippen molar-refractivity contribution < 1.29 is 9.59 Å². The van der Waals surface area contributed by atoms with Crippen molar-refractivity contribution in [1.82, 2.24) is 4.90 Å². The molecule has 0 radical (unpaired) electrons. The highest BCUT2D eigenvalue weighted by Crippen LogP contribution is 2.45. The SMILES string of the molecule is CCC(=O)[C@H]1C2CCC(C[C@H]1c1ccc(C)cc1)C(=O)N2C. The molecule has 4 rings (SSSR count). The maximum atomic E-state index is 12.7. The van der Waals surface area contributed by atoms with Gasteiger partial charge in [-0.3, -0.25) is 9.59 Å². The summed E-state index contributed by atoms with van der Waals surface area (Å²) < 4.78 is 0. The molecule has 2 bridgehead atoms. The number of ketones is 1. The van der Waals surface area contributed by atoms with Gasteiger partial charge in [0.15, 0.2) is 0 Å². The fourth-order valence-corrected chi connectivity index (χ4v) is 4.33. The van der Waals surface area contributed by atoms with E-state index in [1.165, 1.54) is 11.1 Å². The molecule has 22 heavy (non-hydrogen) atoms. The first-order valence-corrected chi connectivity index (χ1v) is 8.38. The average molecular weight is 299 g/mol. The van der Waals surface area contributed by atoms with Crippen LogP contribution in [0.3, 0.4) is 0 Å². The summed E-state index contributed by atoms with van der Waals surface area (Å²) >= 11 is 0. The summed E-state index contributed by atoms with van der Waals surface area (Å²) in [6.07, 6.45) is 3.27. The number of hydrogen-bond acceptors (Lipinski definition) is 2. The molecule has 2 heterocycles. The van der Waals surface area contributed by atoms with Gasteiger partial charge < -0.3 is 4.90 Å². The number of carbonyl (C=O) groups excluding carboxylic acids is 2. The number of hydrogen-bond donors (Lipinski definition) is 0. The van der Waals surface area contributed by atoms with Crippen LogP contribution in [0.2, 0.25) is 0 Å². The fourth-order valence-electron chi connectivity index (χ4n) is 4.33. The van der Waals surface area contributed by atoms with Crippen molar-refractivity contribution in [2.75, 3.05) is 7.05 Å². The van der Waals surface area contributed by atoms with E-state index in [1.807, 2.05) is 18.9 Å². The van der Waals surface area contributed by atoms with Crippen LogP contribution in [0, 0.1) is 18.8 Å². The molecule has 2 aliphatic heterocycles. The lowest BCUT2D eigenvalue weighted by molar-refractivity contribution is -0.140. The van der Waals surface area contributed by atoms with E-state index in [4.69, 9.17) is 0 Å². The first-order valence-electron chi connectivity index (χ1n) is 8.38. The first kappa shape index (κ1) is 15.3. The van der Waals surface area contributed by atoms with Crippen LogP contribution in [0.4, 0.5) is 0 Å². The second-order valence-corrected chi connectivity index (χ2v) is 6.89. The lowest BCUT2D eigenvalue weighted by Gasteiger charge is -2.37. The minimum absolute atomic E-state index is 0.0471. The van der Waals surface area contributed by atoms with Crippen molar-refractivity contribution in [3.63, 3.8) is 0 Å². The van der Waals surface area contributed by atoms with E-state index >= 15 is 0 Å². The number of piperidine rings is 1. The Kier molecular flexibility index (Phi) is 4.07. The van der Waals surface area contributed by atoms with Crippen molar-refractivity contribution in [2.45, 2.75) is 51.5 Å². The van der Waals surface area contributed by atoms with E-state index in [1.54, 1.807) is 0 Å². The summed E-state index contributed by atoms with van der Waals surface area (Å²) in [5.41, 5.74) is 2.45. The quantitative estimate of drug-likeness (QED) is 0.858. The molecule has 118 valence electrons. The van der Waals surface area contributed by atoms with Gasteiger partial charge in [-0.05, 0) is 37.7 Å². The molecule has 0 spiro atoms. The van der Waals surface area contributed by atoms with Crippen molar-refractivity contribution in [3.8, 4) is 0 Å². The van der Waals surface area contributed by atoms with Crippen LogP contribution < -0.4 is 0 Å². The Morgan fingerprint density at radius 1 is 1.23 bits per heavy atom. The van der Waals surface area contributed by atoms with E-state index in [0.29, 0.717) is 12.2 Å². The van der Waals surface area contributed by atoms with Crippen LogP contribution in [-0.4, -0.2) is 29.7 Å². The van der Waals surface area contributed by atoms with E-state index in [9.17, 15) is 9.59 Å². The Morgan fingerprint density at radius 2 is 1.91 bits per heavy atom. The van der Waals surface area contributed by atoms with Gasteiger partial charge in [0.25, 0.3) is 0 Å². The van der Waals surface area contributed by atoms with Crippen molar-refractivity contribution in [2.24, 2.45) is 11.8 Å². The van der Waals surface area contributed by atoms with Crippen LogP contribution in [0.15, 0.2) is 24.3 Å². The molecule has 1 saturated carbocycles. The van der Waals surface area contributed by atoms with E-state index in [-0.39, 0.29) is 29.7 Å². The number of aryl methyl sites for hydroxylation is 1. The second-order valence-electron chi connectivity index (χ2n) is 6.89. The first-order chi connectivity index (χ1) is 10.5. The predicted molar refractivity (Wildman–Crippen MR) is 86.6 cm³/mol. The van der Waals surface area contributed by atoms with Crippen molar-refractivity contribution in [1.29, 1.82) is 0 Å². The van der Waals surface area contributed by atoms with Crippen molar-refractivity contribution >= 4 is 11.7 Å². The van der Waals surface area contributed by atoms with Gasteiger partial charge in [-0.25, -0.2) is 0 Å². The standard InChI is InChI=1S/C19H25NO2/c1-4-17(21)18-15(13-7-5-12(2)6-8-13)11-14-9-10-16(18)20(3)19(14)22/h5-8,14-16,18H,4,9-11H2,1-3H3/t14?,15-,16?,18+/m0/s1. The Labute approximate surface area is 132 Å². The summed E-state index contributed by atoms with van der Waals surface area (Å²) in [5.74, 6) is 0.758. The average Bonchev–Trinajstić information content (AvgIpc) is 2.77. The summed E-state index contributed by atoms with van der Waals surface area (Å²) in [4.78, 5) is 27.0. The van der Waals surface area contributed by atoms with Crippen LogP contribution in [0.25, 0.3) is 0 Å². The predicted octanol–water partition coefficient (Wildman–Crippen LogP) is 3.31. The van der Waals surface area contributed by atoms with E-state index in [0.717, 1.165) is 19.3 Å². The Bertz CT molecular complexity index is 578. The molecular weight excluding hydrogens is 274 g/mol. The maximum absolute atomic E-state index is 12.7. The van der Waals surface area contributed by atoms with Gasteiger partial charge in [-0.2, -0.15) is 0 Å². The zero-order valence-electron chi connectivity index (χ0n) is 13.7. The second kappa shape index (κ2) is 5.86. The number of carbonyl (C=O) groups is 2. The zero-order chi connectivity index (χ0) is 15.9. The summed E-state index contributed by atoms with van der Waals surface area (Å²) in [5, 5.41) is 0. The van der Waals surface area contributed by atoms with Crippen LogP contribution >= 0.6 is 0 Å². The molecule has 0 N–H and O–H groups in total. The third-order valence-electron chi connectivity index (χ3n) is 5.62. The Morgan fingerprint density at radius 3 is 2.55 bits per heavy atom. The normalized spacial score (nSPS) is 31.2. The van der Waals surface area contributed by atoms with E-state index in [2.05, 4.69) is 31.2 Å². The van der Waals surface area contributed by atoms with Gasteiger partial charge in [0.2, 0.25) is 5.91 Å². The smallest absolute Gasteiger partial charge is 0.225 e. The van der Waals surface area contributed by atoms with Gasteiger partial charge in [0.05, 0.1) is 0 Å². The van der Waals surface area contributed by atoms with Crippen LogP contribution in [0.5, 0.6) is 0 Å². The molecule has 3 aliphatic rings. The minimum atomic E-state index is -0.0471. The lowest BCUT2D eigenvalue weighted by atomic mass is 9.77. The molecule has 1 aromatic carbocycles. The largest absolute Gasteiger partial charge is 0.342 e. The van der Waals surface area contributed by atoms with Gasteiger partial charge in [0.1, 0.15) is 5.78 Å².